The normalized spacial score (nSPS) is 12.1. The summed E-state index contributed by atoms with van der Waals surface area (Å²) in [7, 11) is 0. The van der Waals surface area contributed by atoms with Crippen molar-refractivity contribution in [2.45, 2.75) is 19.4 Å². The zero-order valence-corrected chi connectivity index (χ0v) is 10.5. The number of nitrogens with one attached hydrogen (secondary N) is 1. The summed E-state index contributed by atoms with van der Waals surface area (Å²) < 4.78 is 0. The molecule has 1 atom stereocenters. The molecule has 0 saturated heterocycles. The Hall–Kier alpha value is -1.61. The molecule has 0 spiro atoms. The molecule has 1 amide bonds. The largest absolute Gasteiger partial charge is 0.348 e. The van der Waals surface area contributed by atoms with Crippen LogP contribution in [-0.4, -0.2) is 5.91 Å². The van der Waals surface area contributed by atoms with E-state index in [4.69, 9.17) is 0 Å². The van der Waals surface area contributed by atoms with Crippen molar-refractivity contribution in [1.82, 2.24) is 5.32 Å². The molecule has 0 radical (unpaired) electrons. The highest BCUT2D eigenvalue weighted by atomic mass is 32.1. The van der Waals surface area contributed by atoms with Crippen LogP contribution in [0.1, 0.15) is 23.4 Å². The highest BCUT2D eigenvalue weighted by molar-refractivity contribution is 7.10. The number of carbonyl (C=O) groups excluding carboxylic acids is 1. The predicted octanol–water partition coefficient (Wildman–Crippen LogP) is 3.17. The summed E-state index contributed by atoms with van der Waals surface area (Å²) >= 11 is 1.68. The third-order valence-electron chi connectivity index (χ3n) is 2.55. The number of hydrogen-bond donors (Lipinski definition) is 1. The van der Waals surface area contributed by atoms with Crippen LogP contribution in [0.4, 0.5) is 0 Å². The minimum Gasteiger partial charge on any atom is -0.348 e. The summed E-state index contributed by atoms with van der Waals surface area (Å²) in [6.45, 7) is 1.56. The van der Waals surface area contributed by atoms with Gasteiger partial charge in [-0.2, -0.15) is 0 Å². The zero-order chi connectivity index (χ0) is 12.1. The number of rotatable bonds is 4. The Balaban J connectivity index is 2.14. The molecular weight excluding hydrogens is 230 g/mol. The quantitative estimate of drug-likeness (QED) is 0.880. The van der Waals surface area contributed by atoms with Gasteiger partial charge in [-0.1, -0.05) is 36.4 Å². The van der Waals surface area contributed by atoms with E-state index < -0.39 is 0 Å². The van der Waals surface area contributed by atoms with Crippen molar-refractivity contribution < 1.29 is 4.79 Å². The molecule has 1 aromatic heterocycles. The molecule has 1 unspecified atom stereocenters. The van der Waals surface area contributed by atoms with Crippen molar-refractivity contribution in [1.29, 1.82) is 0 Å². The molecule has 0 aliphatic rings. The molecule has 2 rings (SSSR count). The van der Waals surface area contributed by atoms with E-state index in [2.05, 4.69) is 23.5 Å². The summed E-state index contributed by atoms with van der Waals surface area (Å²) in [6.07, 6.45) is 0.834. The molecule has 0 bridgehead atoms. The highest BCUT2D eigenvalue weighted by Crippen LogP contribution is 2.22. The summed E-state index contributed by atoms with van der Waals surface area (Å²) in [5.74, 6) is 0.0133. The number of benzene rings is 1. The average molecular weight is 245 g/mol. The fourth-order valence-corrected chi connectivity index (χ4v) is 2.59. The van der Waals surface area contributed by atoms with Gasteiger partial charge < -0.3 is 5.32 Å². The van der Waals surface area contributed by atoms with Crippen LogP contribution in [-0.2, 0) is 11.2 Å². The fraction of sp³-hybridized carbons (Fsp3) is 0.214. The highest BCUT2D eigenvalue weighted by Gasteiger charge is 2.13. The lowest BCUT2D eigenvalue weighted by molar-refractivity contribution is -0.119. The Morgan fingerprint density at radius 1 is 1.24 bits per heavy atom. The average Bonchev–Trinajstić information content (AvgIpc) is 2.82. The van der Waals surface area contributed by atoms with E-state index in [9.17, 15) is 4.79 Å². The van der Waals surface area contributed by atoms with Crippen molar-refractivity contribution in [2.24, 2.45) is 0 Å². The van der Waals surface area contributed by atoms with Gasteiger partial charge in [0, 0.05) is 11.8 Å². The van der Waals surface area contributed by atoms with Crippen molar-refractivity contribution in [2.75, 3.05) is 0 Å². The van der Waals surface area contributed by atoms with Crippen molar-refractivity contribution in [3.8, 4) is 0 Å². The van der Waals surface area contributed by atoms with Crippen LogP contribution in [0.2, 0.25) is 0 Å². The Kier molecular flexibility index (Phi) is 3.94. The monoisotopic (exact) mass is 245 g/mol. The standard InChI is InChI=1S/C14H15NOS/c1-11(16)15-13(14-8-5-9-17-14)10-12-6-3-2-4-7-12/h2-9,13H,10H2,1H3,(H,15,16). The molecule has 0 aliphatic carbocycles. The Labute approximate surface area is 105 Å². The molecule has 2 aromatic rings. The Morgan fingerprint density at radius 3 is 2.59 bits per heavy atom. The van der Waals surface area contributed by atoms with Crippen LogP contribution in [0.25, 0.3) is 0 Å². The maximum Gasteiger partial charge on any atom is 0.217 e. The van der Waals surface area contributed by atoms with Crippen LogP contribution in [0.3, 0.4) is 0 Å². The van der Waals surface area contributed by atoms with Crippen LogP contribution < -0.4 is 5.32 Å². The van der Waals surface area contributed by atoms with E-state index in [0.29, 0.717) is 0 Å². The predicted molar refractivity (Wildman–Crippen MR) is 71.0 cm³/mol. The molecule has 88 valence electrons. The first-order valence-corrected chi connectivity index (χ1v) is 6.48. The van der Waals surface area contributed by atoms with Crippen molar-refractivity contribution in [3.05, 3.63) is 58.3 Å². The molecule has 1 N–H and O–H groups in total. The minimum absolute atomic E-state index is 0.0133. The van der Waals surface area contributed by atoms with E-state index in [0.717, 1.165) is 6.42 Å². The number of amides is 1. The van der Waals surface area contributed by atoms with Crippen molar-refractivity contribution >= 4 is 17.2 Å². The van der Waals surface area contributed by atoms with Gasteiger partial charge in [-0.15, -0.1) is 11.3 Å². The second-order valence-corrected chi connectivity index (χ2v) is 4.94. The summed E-state index contributed by atoms with van der Waals surface area (Å²) in [4.78, 5) is 12.4. The summed E-state index contributed by atoms with van der Waals surface area (Å²) in [5.41, 5.74) is 1.24. The lowest BCUT2D eigenvalue weighted by Gasteiger charge is -2.16. The summed E-state index contributed by atoms with van der Waals surface area (Å²) in [6, 6.07) is 14.4. The van der Waals surface area contributed by atoms with E-state index >= 15 is 0 Å². The van der Waals surface area contributed by atoms with E-state index in [1.807, 2.05) is 29.6 Å². The molecule has 1 aromatic carbocycles. The number of thiophene rings is 1. The maximum atomic E-state index is 11.2. The van der Waals surface area contributed by atoms with E-state index in [1.54, 1.807) is 18.3 Å². The molecule has 0 aliphatic heterocycles. The number of hydrogen-bond acceptors (Lipinski definition) is 2. The fourth-order valence-electron chi connectivity index (χ4n) is 1.81. The maximum absolute atomic E-state index is 11.2. The van der Waals surface area contributed by atoms with Gasteiger partial charge in [0.2, 0.25) is 5.91 Å². The second-order valence-electron chi connectivity index (χ2n) is 3.96. The van der Waals surface area contributed by atoms with Crippen LogP contribution in [0, 0.1) is 0 Å². The lowest BCUT2D eigenvalue weighted by Crippen LogP contribution is -2.26. The zero-order valence-electron chi connectivity index (χ0n) is 9.72. The Bertz CT molecular complexity index is 464. The molecule has 2 nitrogen and oxygen atoms in total. The van der Waals surface area contributed by atoms with Gasteiger partial charge in [0.15, 0.2) is 0 Å². The van der Waals surface area contributed by atoms with E-state index in [1.165, 1.54) is 10.4 Å². The van der Waals surface area contributed by atoms with Gasteiger partial charge >= 0.3 is 0 Å². The van der Waals surface area contributed by atoms with Gasteiger partial charge in [0.05, 0.1) is 6.04 Å². The third-order valence-corrected chi connectivity index (χ3v) is 3.53. The first kappa shape index (κ1) is 11.9. The topological polar surface area (TPSA) is 29.1 Å². The first-order valence-electron chi connectivity index (χ1n) is 5.60. The van der Waals surface area contributed by atoms with Gasteiger partial charge in [0.1, 0.15) is 0 Å². The third kappa shape index (κ3) is 3.43. The lowest BCUT2D eigenvalue weighted by atomic mass is 10.0. The Morgan fingerprint density at radius 2 is 2.00 bits per heavy atom. The van der Waals surface area contributed by atoms with Gasteiger partial charge in [-0.25, -0.2) is 0 Å². The molecule has 3 heteroatoms. The SMILES string of the molecule is CC(=O)NC(Cc1ccccc1)c1cccs1. The van der Waals surface area contributed by atoms with Crippen LogP contribution >= 0.6 is 11.3 Å². The summed E-state index contributed by atoms with van der Waals surface area (Å²) in [5, 5.41) is 5.04. The van der Waals surface area contributed by atoms with Crippen LogP contribution in [0.15, 0.2) is 47.8 Å². The first-order chi connectivity index (χ1) is 8.25. The molecular formula is C14H15NOS. The molecule has 1 heterocycles. The minimum atomic E-state index is 0.0133. The smallest absolute Gasteiger partial charge is 0.217 e. The molecule has 0 fully saturated rings. The second kappa shape index (κ2) is 5.64. The molecule has 0 saturated carbocycles. The van der Waals surface area contributed by atoms with Gasteiger partial charge in [0.25, 0.3) is 0 Å². The van der Waals surface area contributed by atoms with Gasteiger partial charge in [-0.3, -0.25) is 4.79 Å². The number of carbonyl (C=O) groups is 1. The van der Waals surface area contributed by atoms with E-state index in [-0.39, 0.29) is 11.9 Å². The van der Waals surface area contributed by atoms with Gasteiger partial charge in [-0.05, 0) is 23.4 Å². The van der Waals surface area contributed by atoms with Crippen LogP contribution in [0.5, 0.6) is 0 Å². The van der Waals surface area contributed by atoms with Crippen molar-refractivity contribution in [3.63, 3.8) is 0 Å². The molecule has 17 heavy (non-hydrogen) atoms.